The first-order chi connectivity index (χ1) is 23.0. The van der Waals surface area contributed by atoms with Gasteiger partial charge in [-0.3, -0.25) is 0 Å². The van der Waals surface area contributed by atoms with Crippen molar-refractivity contribution in [3.63, 3.8) is 0 Å². The van der Waals surface area contributed by atoms with Gasteiger partial charge in [0.2, 0.25) is 0 Å². The Morgan fingerprint density at radius 1 is 0.596 bits per heavy atom. The zero-order chi connectivity index (χ0) is 32.0. The molecule has 1 heterocycles. The smallest absolute Gasteiger partial charge is 0.164 e. The van der Waals surface area contributed by atoms with E-state index in [1.54, 1.807) is 0 Å². The quantitative estimate of drug-likeness (QED) is 0.195. The number of nitriles is 1. The van der Waals surface area contributed by atoms with Crippen LogP contribution in [0.3, 0.4) is 0 Å². The Bertz CT molecular complexity index is 2110. The monoisotopic (exact) mass is 610 g/mol. The second-order valence-corrected chi connectivity index (χ2v) is 14.1. The molecule has 4 atom stereocenters. The Balaban J connectivity index is 1.25. The molecule has 1 aromatic heterocycles. The molecule has 2 saturated carbocycles. The summed E-state index contributed by atoms with van der Waals surface area (Å²) in [6.07, 6.45) is 6.62. The minimum absolute atomic E-state index is 0.279. The van der Waals surface area contributed by atoms with Gasteiger partial charge in [0, 0.05) is 16.7 Å². The molecule has 2 aliphatic carbocycles. The topological polar surface area (TPSA) is 62.5 Å². The lowest BCUT2D eigenvalue weighted by molar-refractivity contribution is 0.0780. The second-order valence-electron chi connectivity index (χ2n) is 14.1. The fourth-order valence-electron chi connectivity index (χ4n) is 8.86. The average Bonchev–Trinajstić information content (AvgIpc) is 3.10. The van der Waals surface area contributed by atoms with Gasteiger partial charge in [-0.25, -0.2) is 15.0 Å². The Hall–Kier alpha value is -5.14. The van der Waals surface area contributed by atoms with E-state index in [1.165, 1.54) is 37.7 Å². The number of aromatic nitrogens is 3. The van der Waals surface area contributed by atoms with Crippen LogP contribution in [0.4, 0.5) is 0 Å². The van der Waals surface area contributed by atoms with Crippen molar-refractivity contribution in [2.24, 2.45) is 17.8 Å². The van der Waals surface area contributed by atoms with Crippen molar-refractivity contribution < 1.29 is 0 Å². The van der Waals surface area contributed by atoms with Crippen LogP contribution in [0.15, 0.2) is 115 Å². The summed E-state index contributed by atoms with van der Waals surface area (Å²) in [5.41, 5.74) is 7.33. The summed E-state index contributed by atoms with van der Waals surface area (Å²) < 4.78 is 0. The standard InChI is InChI=1S/C43H38N4/c1-28-21-31-22-29(2)25-43(24-28,26-31)35-19-17-34(18-20-35)41-45-40(33-9-4-3-5-10-33)46-42(47-41)38-13-7-6-12-36(38)37-14-8-11-32-16-15-30(27-44)23-39(32)37/h3-20,23,28-29,31H,21-22,24-26H2,1-2H3/t28-,29+,31?,43?. The van der Waals surface area contributed by atoms with Crippen LogP contribution in [0.5, 0.6) is 0 Å². The minimum Gasteiger partial charge on any atom is -0.208 e. The van der Waals surface area contributed by atoms with E-state index in [0.29, 0.717) is 23.0 Å². The zero-order valence-electron chi connectivity index (χ0n) is 27.0. The van der Waals surface area contributed by atoms with E-state index in [0.717, 1.165) is 56.3 Å². The highest BCUT2D eigenvalue weighted by Crippen LogP contribution is 2.54. The van der Waals surface area contributed by atoms with Crippen molar-refractivity contribution in [1.82, 2.24) is 15.0 Å². The van der Waals surface area contributed by atoms with Crippen LogP contribution in [0.1, 0.15) is 57.1 Å². The van der Waals surface area contributed by atoms with Gasteiger partial charge in [0.1, 0.15) is 0 Å². The molecule has 2 aliphatic rings. The average molecular weight is 611 g/mol. The summed E-state index contributed by atoms with van der Waals surface area (Å²) in [5.74, 6) is 4.34. The van der Waals surface area contributed by atoms with E-state index in [2.05, 4.69) is 86.6 Å². The first kappa shape index (κ1) is 29.3. The maximum atomic E-state index is 9.65. The molecule has 4 nitrogen and oxygen atoms in total. The van der Waals surface area contributed by atoms with Crippen LogP contribution in [0.25, 0.3) is 56.1 Å². The largest absolute Gasteiger partial charge is 0.208 e. The number of rotatable bonds is 5. The van der Waals surface area contributed by atoms with Crippen LogP contribution in [0.2, 0.25) is 0 Å². The van der Waals surface area contributed by atoms with Crippen molar-refractivity contribution in [3.8, 4) is 51.4 Å². The SMILES string of the molecule is C[C@@H]1CC2C[C@H](C)CC(c3ccc(-c4nc(-c5ccccc5)nc(-c5ccccc5-c5cccc6ccc(C#N)cc56)n4)cc3)(C2)C1. The van der Waals surface area contributed by atoms with Gasteiger partial charge in [-0.1, -0.05) is 117 Å². The van der Waals surface area contributed by atoms with E-state index in [4.69, 9.17) is 15.0 Å². The first-order valence-electron chi connectivity index (χ1n) is 16.9. The molecule has 0 aliphatic heterocycles. The molecule has 0 N–H and O–H groups in total. The van der Waals surface area contributed by atoms with Gasteiger partial charge in [-0.2, -0.15) is 5.26 Å². The van der Waals surface area contributed by atoms with Crippen LogP contribution in [-0.2, 0) is 5.41 Å². The number of hydrogen-bond acceptors (Lipinski definition) is 4. The molecule has 2 unspecified atom stereocenters. The molecule has 2 fully saturated rings. The predicted octanol–water partition coefficient (Wildman–Crippen LogP) is 10.7. The van der Waals surface area contributed by atoms with Gasteiger partial charge < -0.3 is 0 Å². The maximum Gasteiger partial charge on any atom is 0.164 e. The molecule has 0 saturated heterocycles. The van der Waals surface area contributed by atoms with E-state index in [9.17, 15) is 5.26 Å². The number of nitrogens with zero attached hydrogens (tertiary/aromatic N) is 4. The lowest BCUT2D eigenvalue weighted by Gasteiger charge is -2.50. The number of hydrogen-bond donors (Lipinski definition) is 0. The van der Waals surface area contributed by atoms with Gasteiger partial charge >= 0.3 is 0 Å². The molecular weight excluding hydrogens is 573 g/mol. The Morgan fingerprint density at radius 3 is 1.91 bits per heavy atom. The van der Waals surface area contributed by atoms with Gasteiger partial charge in [0.15, 0.2) is 17.5 Å². The van der Waals surface area contributed by atoms with Crippen molar-refractivity contribution >= 4 is 10.8 Å². The summed E-state index contributed by atoms with van der Waals surface area (Å²) in [5, 5.41) is 11.8. The number of fused-ring (bicyclic) bond motifs is 3. The lowest BCUT2D eigenvalue weighted by Crippen LogP contribution is -2.42. The van der Waals surface area contributed by atoms with E-state index in [-0.39, 0.29) is 5.41 Å². The normalized spacial score (nSPS) is 22.1. The Labute approximate surface area is 277 Å². The molecule has 230 valence electrons. The Kier molecular flexibility index (Phi) is 7.41. The van der Waals surface area contributed by atoms with Crippen molar-refractivity contribution in [1.29, 1.82) is 5.26 Å². The summed E-state index contributed by atoms with van der Waals surface area (Å²) >= 11 is 0. The van der Waals surface area contributed by atoms with Gasteiger partial charge in [0.25, 0.3) is 0 Å². The molecule has 2 bridgehead atoms. The molecule has 0 radical (unpaired) electrons. The van der Waals surface area contributed by atoms with Gasteiger partial charge in [-0.05, 0) is 94.9 Å². The Morgan fingerprint density at radius 2 is 1.21 bits per heavy atom. The molecule has 8 rings (SSSR count). The summed E-state index contributed by atoms with van der Waals surface area (Å²) in [6.45, 7) is 4.89. The molecule has 6 aromatic rings. The van der Waals surface area contributed by atoms with Crippen LogP contribution >= 0.6 is 0 Å². The van der Waals surface area contributed by atoms with Crippen LogP contribution in [0, 0.1) is 29.1 Å². The lowest BCUT2D eigenvalue weighted by atomic mass is 9.54. The third kappa shape index (κ3) is 5.51. The summed E-state index contributed by atoms with van der Waals surface area (Å²) in [6, 6.07) is 42.0. The summed E-state index contributed by atoms with van der Waals surface area (Å²) in [7, 11) is 0. The molecule has 4 heteroatoms. The maximum absolute atomic E-state index is 9.65. The minimum atomic E-state index is 0.279. The third-order valence-corrected chi connectivity index (χ3v) is 10.5. The van der Waals surface area contributed by atoms with Crippen molar-refractivity contribution in [2.75, 3.05) is 0 Å². The van der Waals surface area contributed by atoms with Crippen molar-refractivity contribution in [2.45, 2.75) is 51.4 Å². The number of benzene rings is 5. The van der Waals surface area contributed by atoms with Crippen LogP contribution in [-0.4, -0.2) is 15.0 Å². The fourth-order valence-corrected chi connectivity index (χ4v) is 8.86. The molecule has 47 heavy (non-hydrogen) atoms. The predicted molar refractivity (Wildman–Crippen MR) is 190 cm³/mol. The molecular formula is C43H38N4. The molecule has 0 amide bonds. The first-order valence-corrected chi connectivity index (χ1v) is 16.9. The highest BCUT2D eigenvalue weighted by molar-refractivity contribution is 6.00. The second kappa shape index (κ2) is 11.9. The highest BCUT2D eigenvalue weighted by Gasteiger charge is 2.45. The highest BCUT2D eigenvalue weighted by atomic mass is 15.0. The van der Waals surface area contributed by atoms with E-state index in [1.807, 2.05) is 48.5 Å². The van der Waals surface area contributed by atoms with Crippen LogP contribution < -0.4 is 0 Å². The van der Waals surface area contributed by atoms with E-state index < -0.39 is 0 Å². The fraction of sp³-hybridized carbons (Fsp3) is 0.256. The molecule has 5 aromatic carbocycles. The van der Waals surface area contributed by atoms with E-state index >= 15 is 0 Å². The third-order valence-electron chi connectivity index (χ3n) is 10.5. The van der Waals surface area contributed by atoms with Gasteiger partial charge in [-0.15, -0.1) is 0 Å². The zero-order valence-corrected chi connectivity index (χ0v) is 27.0. The van der Waals surface area contributed by atoms with Gasteiger partial charge in [0.05, 0.1) is 11.6 Å². The molecule has 0 spiro atoms. The summed E-state index contributed by atoms with van der Waals surface area (Å²) in [4.78, 5) is 15.3. The van der Waals surface area contributed by atoms with Crippen molar-refractivity contribution in [3.05, 3.63) is 126 Å².